The molecule has 21 heavy (non-hydrogen) atoms. The summed E-state index contributed by atoms with van der Waals surface area (Å²) in [6, 6.07) is 0.0301. The second-order valence-electron chi connectivity index (χ2n) is 5.39. The van der Waals surface area contributed by atoms with Crippen molar-refractivity contribution in [2.45, 2.75) is 32.7 Å². The van der Waals surface area contributed by atoms with Crippen molar-refractivity contribution in [3.05, 3.63) is 5.56 Å². The van der Waals surface area contributed by atoms with Crippen molar-refractivity contribution < 1.29 is 9.59 Å². The van der Waals surface area contributed by atoms with Gasteiger partial charge in [-0.25, -0.2) is 0 Å². The third-order valence-electron chi connectivity index (χ3n) is 3.02. The van der Waals surface area contributed by atoms with Gasteiger partial charge in [-0.05, 0) is 38.2 Å². The first-order valence-corrected chi connectivity index (χ1v) is 7.84. The molecule has 1 heterocycles. The van der Waals surface area contributed by atoms with E-state index < -0.39 is 0 Å². The van der Waals surface area contributed by atoms with Crippen molar-refractivity contribution in [3.63, 3.8) is 0 Å². The molecule has 0 radical (unpaired) electrons. The lowest BCUT2D eigenvalue weighted by Crippen LogP contribution is -2.32. The molecular weight excluding hydrogens is 290 g/mol. The van der Waals surface area contributed by atoms with E-state index in [1.54, 1.807) is 0 Å². The van der Waals surface area contributed by atoms with Crippen molar-refractivity contribution in [2.24, 2.45) is 5.92 Å². The lowest BCUT2D eigenvalue weighted by Gasteiger charge is -2.10. The Hall–Kier alpha value is -1.83. The van der Waals surface area contributed by atoms with Crippen LogP contribution in [0.5, 0.6) is 0 Å². The number of amides is 2. The molecule has 5 N–H and O–H groups in total. The first-order chi connectivity index (χ1) is 9.99. The molecule has 1 aromatic rings. The predicted molar refractivity (Wildman–Crippen MR) is 83.4 cm³/mol. The largest absolute Gasteiger partial charge is 0.382 e. The summed E-state index contributed by atoms with van der Waals surface area (Å²) >= 11 is 1.15. The monoisotopic (exact) mass is 311 g/mol. The van der Waals surface area contributed by atoms with Gasteiger partial charge in [-0.2, -0.15) is 4.37 Å². The maximum absolute atomic E-state index is 12.1. The van der Waals surface area contributed by atoms with E-state index in [0.29, 0.717) is 23.7 Å². The molecule has 0 saturated heterocycles. The summed E-state index contributed by atoms with van der Waals surface area (Å²) in [6.45, 7) is 4.81. The average Bonchev–Trinajstić information content (AvgIpc) is 3.18. The van der Waals surface area contributed by atoms with Gasteiger partial charge in [0.05, 0.1) is 0 Å². The number of nitrogens with one attached hydrogen (secondary N) is 3. The van der Waals surface area contributed by atoms with E-state index in [0.717, 1.165) is 24.4 Å². The summed E-state index contributed by atoms with van der Waals surface area (Å²) in [5.41, 5.74) is 6.12. The molecule has 0 atom stereocenters. The number of rotatable bonds is 7. The molecule has 0 aromatic carbocycles. The number of anilines is 2. The summed E-state index contributed by atoms with van der Waals surface area (Å²) in [5.74, 6) is 0.304. The van der Waals surface area contributed by atoms with Gasteiger partial charge in [0.1, 0.15) is 10.6 Å². The highest BCUT2D eigenvalue weighted by Gasteiger charge is 2.29. The van der Waals surface area contributed by atoms with E-state index in [-0.39, 0.29) is 29.6 Å². The van der Waals surface area contributed by atoms with Crippen molar-refractivity contribution in [1.82, 2.24) is 15.0 Å². The molecule has 0 unspecified atom stereocenters. The normalized spacial score (nSPS) is 14.0. The fourth-order valence-corrected chi connectivity index (χ4v) is 2.56. The highest BCUT2D eigenvalue weighted by atomic mass is 32.1. The van der Waals surface area contributed by atoms with Crippen molar-refractivity contribution in [2.75, 3.05) is 24.1 Å². The van der Waals surface area contributed by atoms with Crippen LogP contribution in [-0.2, 0) is 4.79 Å². The number of nitrogen functional groups attached to an aromatic ring is 1. The highest BCUT2D eigenvalue weighted by Crippen LogP contribution is 2.28. The zero-order valence-corrected chi connectivity index (χ0v) is 13.0. The Bertz CT molecular complexity index is 525. The van der Waals surface area contributed by atoms with Crippen molar-refractivity contribution in [1.29, 1.82) is 0 Å². The van der Waals surface area contributed by atoms with Crippen LogP contribution < -0.4 is 21.7 Å². The molecule has 8 heteroatoms. The Kier molecular flexibility index (Phi) is 5.00. The quantitative estimate of drug-likeness (QED) is 0.557. The number of hydrogen-bond donors (Lipinski definition) is 4. The molecule has 1 aromatic heterocycles. The van der Waals surface area contributed by atoms with Gasteiger partial charge in [0.15, 0.2) is 5.82 Å². The third-order valence-corrected chi connectivity index (χ3v) is 3.84. The first-order valence-electron chi connectivity index (χ1n) is 7.06. The highest BCUT2D eigenvalue weighted by molar-refractivity contribution is 7.11. The molecular formula is C13H21N5O2S. The molecule has 2 amide bonds. The van der Waals surface area contributed by atoms with Crippen LogP contribution in [0.4, 0.5) is 10.8 Å². The molecule has 7 nitrogen and oxygen atoms in total. The van der Waals surface area contributed by atoms with Gasteiger partial charge in [-0.15, -0.1) is 0 Å². The smallest absolute Gasteiger partial charge is 0.258 e. The average molecular weight is 311 g/mol. The number of carbonyl (C=O) groups excluding carboxylic acids is 2. The number of carbonyl (C=O) groups is 2. The summed E-state index contributed by atoms with van der Waals surface area (Å²) in [5, 5.41) is 9.38. The predicted octanol–water partition coefficient (Wildman–Crippen LogP) is 0.802. The Morgan fingerprint density at radius 2 is 2.10 bits per heavy atom. The van der Waals surface area contributed by atoms with Gasteiger partial charge < -0.3 is 21.7 Å². The minimum Gasteiger partial charge on any atom is -0.382 e. The minimum atomic E-state index is -0.235. The standard InChI is InChI=1S/C13H21N5O2S/c1-7(2)17-12(20)9-10(14)18-21-13(9)16-6-5-15-11(19)8-3-4-8/h7-8,16H,3-6H2,1-2H3,(H2,14,18)(H,15,19)(H,17,20). The van der Waals surface area contributed by atoms with Gasteiger partial charge in [0.25, 0.3) is 5.91 Å². The van der Waals surface area contributed by atoms with E-state index in [4.69, 9.17) is 5.73 Å². The van der Waals surface area contributed by atoms with Gasteiger partial charge in [0, 0.05) is 25.0 Å². The number of hydrogen-bond acceptors (Lipinski definition) is 6. The third kappa shape index (κ3) is 4.32. The van der Waals surface area contributed by atoms with Crippen molar-refractivity contribution >= 4 is 34.2 Å². The summed E-state index contributed by atoms with van der Waals surface area (Å²) in [4.78, 5) is 23.5. The van der Waals surface area contributed by atoms with Crippen LogP contribution >= 0.6 is 11.5 Å². The Balaban J connectivity index is 1.85. The lowest BCUT2D eigenvalue weighted by atomic mass is 10.2. The molecule has 1 aliphatic carbocycles. The van der Waals surface area contributed by atoms with E-state index in [9.17, 15) is 9.59 Å². The van der Waals surface area contributed by atoms with Crippen LogP contribution in [0.25, 0.3) is 0 Å². The van der Waals surface area contributed by atoms with Crippen LogP contribution in [0.3, 0.4) is 0 Å². The van der Waals surface area contributed by atoms with Crippen LogP contribution in [0.1, 0.15) is 37.0 Å². The van der Waals surface area contributed by atoms with Gasteiger partial charge in [0.2, 0.25) is 5.91 Å². The molecule has 1 saturated carbocycles. The van der Waals surface area contributed by atoms with E-state index in [1.165, 1.54) is 0 Å². The molecule has 0 bridgehead atoms. The summed E-state index contributed by atoms with van der Waals surface area (Å²) in [6.07, 6.45) is 1.98. The van der Waals surface area contributed by atoms with Crippen LogP contribution in [0.2, 0.25) is 0 Å². The van der Waals surface area contributed by atoms with Gasteiger partial charge in [-0.1, -0.05) is 0 Å². The Morgan fingerprint density at radius 3 is 2.71 bits per heavy atom. The molecule has 1 fully saturated rings. The molecule has 2 rings (SSSR count). The molecule has 116 valence electrons. The SMILES string of the molecule is CC(C)NC(=O)c1c(N)nsc1NCCNC(=O)C1CC1. The maximum Gasteiger partial charge on any atom is 0.258 e. The minimum absolute atomic E-state index is 0.0301. The number of nitrogens with two attached hydrogens (primary N) is 1. The van der Waals surface area contributed by atoms with E-state index >= 15 is 0 Å². The van der Waals surface area contributed by atoms with Crippen molar-refractivity contribution in [3.8, 4) is 0 Å². The summed E-state index contributed by atoms with van der Waals surface area (Å²) < 4.78 is 4.01. The Morgan fingerprint density at radius 1 is 1.38 bits per heavy atom. The first kappa shape index (κ1) is 15.6. The van der Waals surface area contributed by atoms with E-state index in [1.807, 2.05) is 13.8 Å². The zero-order valence-electron chi connectivity index (χ0n) is 12.2. The Labute approximate surface area is 127 Å². The number of nitrogens with zero attached hydrogens (tertiary/aromatic N) is 1. The van der Waals surface area contributed by atoms with E-state index in [2.05, 4.69) is 20.3 Å². The topological polar surface area (TPSA) is 109 Å². The number of aromatic nitrogens is 1. The maximum atomic E-state index is 12.1. The van der Waals surface area contributed by atoms with Crippen LogP contribution in [-0.4, -0.2) is 35.3 Å². The summed E-state index contributed by atoms with van der Waals surface area (Å²) in [7, 11) is 0. The lowest BCUT2D eigenvalue weighted by molar-refractivity contribution is -0.122. The van der Waals surface area contributed by atoms with Crippen LogP contribution in [0.15, 0.2) is 0 Å². The molecule has 1 aliphatic rings. The second-order valence-corrected chi connectivity index (χ2v) is 6.17. The molecule has 0 aliphatic heterocycles. The van der Waals surface area contributed by atoms with Crippen LogP contribution in [0, 0.1) is 5.92 Å². The fraction of sp³-hybridized carbons (Fsp3) is 0.615. The zero-order chi connectivity index (χ0) is 15.4. The molecule has 0 spiro atoms. The fourth-order valence-electron chi connectivity index (χ4n) is 1.83. The second kappa shape index (κ2) is 6.75. The van der Waals surface area contributed by atoms with Gasteiger partial charge >= 0.3 is 0 Å². The van der Waals surface area contributed by atoms with Gasteiger partial charge in [-0.3, -0.25) is 9.59 Å².